The molecule has 12 nitrogen and oxygen atoms in total. The van der Waals surface area contributed by atoms with Crippen molar-refractivity contribution >= 4 is 23.7 Å². The molecule has 0 saturated carbocycles. The van der Waals surface area contributed by atoms with Crippen molar-refractivity contribution in [3.8, 4) is 11.5 Å². The largest absolute Gasteiger partial charge is 0.486 e. The number of hydrogen-bond donors (Lipinski definition) is 1. The van der Waals surface area contributed by atoms with Gasteiger partial charge in [0.25, 0.3) is 5.91 Å². The number of aryl methyl sites for hydroxylation is 1. The molecule has 12 heteroatoms. The van der Waals surface area contributed by atoms with Crippen molar-refractivity contribution in [1.82, 2.24) is 24.5 Å². The van der Waals surface area contributed by atoms with Gasteiger partial charge in [0, 0.05) is 70.0 Å². The molecule has 0 unspecified atom stereocenters. The van der Waals surface area contributed by atoms with Crippen LogP contribution in [-0.4, -0.2) is 140 Å². The van der Waals surface area contributed by atoms with E-state index in [2.05, 4.69) is 28.2 Å². The van der Waals surface area contributed by atoms with Gasteiger partial charge >= 0.3 is 12.1 Å². The van der Waals surface area contributed by atoms with Crippen molar-refractivity contribution < 1.29 is 28.6 Å². The highest BCUT2D eigenvalue weighted by Gasteiger charge is 2.36. The molecular formula is C37H50N6O6. The number of fused-ring (bicyclic) bond motifs is 2. The second kappa shape index (κ2) is 14.8. The van der Waals surface area contributed by atoms with E-state index in [1.807, 2.05) is 47.1 Å². The molecule has 0 spiro atoms. The Labute approximate surface area is 289 Å². The first-order valence-corrected chi connectivity index (χ1v) is 18.0. The van der Waals surface area contributed by atoms with Gasteiger partial charge in [0.1, 0.15) is 13.2 Å². The van der Waals surface area contributed by atoms with Crippen LogP contribution in [0.1, 0.15) is 42.4 Å². The Morgan fingerprint density at radius 3 is 2.37 bits per heavy atom. The predicted molar refractivity (Wildman–Crippen MR) is 185 cm³/mol. The van der Waals surface area contributed by atoms with Crippen molar-refractivity contribution in [2.45, 2.75) is 63.6 Å². The standard InChI is InChI=1S/C37H50N6O6/c1-26-23-27(24-32-34(26)48-22-21-47-32)25-33(35(44)41-19-17-40(18-20-41)29-8-12-39(2)13-9-29)49-37(46)42-14-10-30(11-15-42)43-16-7-28-5-3-4-6-31(28)38-36(43)45/h3-6,23-24,29-30,33H,7-22,25H2,1-2H3,(H,38,45)/t33-/m1/s1. The molecule has 0 radical (unpaired) electrons. The number of piperidine rings is 2. The lowest BCUT2D eigenvalue weighted by Crippen LogP contribution is -2.56. The number of amides is 4. The topological polar surface area (TPSA) is 107 Å². The molecule has 1 atom stereocenters. The van der Waals surface area contributed by atoms with E-state index >= 15 is 0 Å². The highest BCUT2D eigenvalue weighted by Crippen LogP contribution is 2.35. The molecule has 4 amide bonds. The molecular weight excluding hydrogens is 624 g/mol. The first-order chi connectivity index (χ1) is 23.8. The van der Waals surface area contributed by atoms with Crippen LogP contribution in [0.15, 0.2) is 36.4 Å². The highest BCUT2D eigenvalue weighted by molar-refractivity contribution is 5.91. The second-order valence-corrected chi connectivity index (χ2v) is 14.2. The number of urea groups is 1. The van der Waals surface area contributed by atoms with E-state index in [0.717, 1.165) is 73.6 Å². The Bertz CT molecular complexity index is 1510. The SMILES string of the molecule is Cc1cc(C[C@@H](OC(=O)N2CCC(N3CCc4ccccc4NC3=O)CC2)C(=O)N2CCN(C3CCN(C)CC3)CC2)cc2c1OCCO2. The summed E-state index contributed by atoms with van der Waals surface area (Å²) < 4.78 is 17.8. The average molecular weight is 675 g/mol. The van der Waals surface area contributed by atoms with Crippen LogP contribution in [0.25, 0.3) is 0 Å². The summed E-state index contributed by atoms with van der Waals surface area (Å²) in [4.78, 5) is 51.3. The predicted octanol–water partition coefficient (Wildman–Crippen LogP) is 3.61. The lowest BCUT2D eigenvalue weighted by Gasteiger charge is -2.42. The number of anilines is 1. The third-order valence-corrected chi connectivity index (χ3v) is 11.0. The number of nitrogens with one attached hydrogen (secondary N) is 1. The molecule has 2 aromatic rings. The lowest BCUT2D eigenvalue weighted by atomic mass is 10.0. The fraction of sp³-hybridized carbons (Fsp3) is 0.595. The van der Waals surface area contributed by atoms with Crippen LogP contribution >= 0.6 is 0 Å². The minimum Gasteiger partial charge on any atom is -0.486 e. The highest BCUT2D eigenvalue weighted by atomic mass is 16.6. The number of carbonyl (C=O) groups excluding carboxylic acids is 3. The summed E-state index contributed by atoms with van der Waals surface area (Å²) in [6, 6.07) is 12.3. The van der Waals surface area contributed by atoms with Crippen molar-refractivity contribution in [3.05, 3.63) is 53.1 Å². The summed E-state index contributed by atoms with van der Waals surface area (Å²) in [7, 11) is 2.17. The van der Waals surface area contributed by atoms with Crippen LogP contribution in [0.4, 0.5) is 15.3 Å². The number of ether oxygens (including phenoxy) is 3. The molecule has 5 aliphatic heterocycles. The maximum absolute atomic E-state index is 14.1. The van der Waals surface area contributed by atoms with Gasteiger partial charge in [0.2, 0.25) is 0 Å². The Hall–Kier alpha value is -4.03. The van der Waals surface area contributed by atoms with E-state index in [9.17, 15) is 14.4 Å². The summed E-state index contributed by atoms with van der Waals surface area (Å²) in [6.07, 6.45) is 3.20. The monoisotopic (exact) mass is 674 g/mol. The van der Waals surface area contributed by atoms with Crippen LogP contribution in [-0.2, 0) is 22.4 Å². The molecule has 49 heavy (non-hydrogen) atoms. The maximum atomic E-state index is 14.1. The van der Waals surface area contributed by atoms with Gasteiger partial charge in [-0.05, 0) is 88.0 Å². The number of nitrogens with zero attached hydrogens (tertiary/aromatic N) is 5. The Morgan fingerprint density at radius 1 is 0.878 bits per heavy atom. The fourth-order valence-corrected chi connectivity index (χ4v) is 8.08. The third kappa shape index (κ3) is 7.60. The molecule has 7 rings (SSSR count). The minimum atomic E-state index is -0.961. The van der Waals surface area contributed by atoms with Gasteiger partial charge in [-0.3, -0.25) is 9.69 Å². The van der Waals surface area contributed by atoms with Gasteiger partial charge in [0.05, 0.1) is 0 Å². The summed E-state index contributed by atoms with van der Waals surface area (Å²) in [5.74, 6) is 1.23. The van der Waals surface area contributed by atoms with E-state index in [-0.39, 0.29) is 24.4 Å². The van der Waals surface area contributed by atoms with Crippen molar-refractivity contribution in [2.24, 2.45) is 0 Å². The lowest BCUT2D eigenvalue weighted by molar-refractivity contribution is -0.143. The first kappa shape index (κ1) is 33.5. The summed E-state index contributed by atoms with van der Waals surface area (Å²) in [5, 5.41) is 3.06. The maximum Gasteiger partial charge on any atom is 0.410 e. The number of rotatable bonds is 6. The Kier molecular flexibility index (Phi) is 10.1. The van der Waals surface area contributed by atoms with Crippen LogP contribution in [0.5, 0.6) is 11.5 Å². The number of hydrogen-bond acceptors (Lipinski definition) is 8. The Balaban J connectivity index is 0.998. The quantitative estimate of drug-likeness (QED) is 0.496. The molecule has 0 aromatic heterocycles. The van der Waals surface area contributed by atoms with E-state index in [1.165, 1.54) is 0 Å². The summed E-state index contributed by atoms with van der Waals surface area (Å²) in [5.41, 5.74) is 3.79. The van der Waals surface area contributed by atoms with Gasteiger partial charge in [-0.15, -0.1) is 0 Å². The summed E-state index contributed by atoms with van der Waals surface area (Å²) >= 11 is 0. The van der Waals surface area contributed by atoms with Crippen LogP contribution in [0, 0.1) is 6.92 Å². The van der Waals surface area contributed by atoms with Gasteiger partial charge in [0.15, 0.2) is 17.6 Å². The smallest absolute Gasteiger partial charge is 0.410 e. The number of piperazine rings is 1. The third-order valence-electron chi connectivity index (χ3n) is 11.0. The molecule has 5 heterocycles. The van der Waals surface area contributed by atoms with E-state index in [0.29, 0.717) is 70.6 Å². The molecule has 0 bridgehead atoms. The number of likely N-dealkylation sites (tertiary alicyclic amines) is 2. The zero-order valence-corrected chi connectivity index (χ0v) is 28.9. The number of para-hydroxylation sites is 1. The first-order valence-electron chi connectivity index (χ1n) is 18.0. The van der Waals surface area contributed by atoms with E-state index in [1.54, 1.807) is 4.90 Å². The molecule has 1 N–H and O–H groups in total. The van der Waals surface area contributed by atoms with Gasteiger partial charge in [-0.2, -0.15) is 0 Å². The minimum absolute atomic E-state index is 0.0253. The normalized spacial score (nSPS) is 21.8. The second-order valence-electron chi connectivity index (χ2n) is 14.2. The molecule has 264 valence electrons. The van der Waals surface area contributed by atoms with Crippen molar-refractivity contribution in [1.29, 1.82) is 0 Å². The van der Waals surface area contributed by atoms with Crippen LogP contribution in [0.3, 0.4) is 0 Å². The number of benzene rings is 2. The van der Waals surface area contributed by atoms with Crippen LogP contribution in [0.2, 0.25) is 0 Å². The van der Waals surface area contributed by atoms with Gasteiger partial charge < -0.3 is 39.1 Å². The van der Waals surface area contributed by atoms with Gasteiger partial charge in [-0.25, -0.2) is 9.59 Å². The van der Waals surface area contributed by atoms with Gasteiger partial charge in [-0.1, -0.05) is 24.3 Å². The van der Waals surface area contributed by atoms with E-state index < -0.39 is 12.2 Å². The fourth-order valence-electron chi connectivity index (χ4n) is 8.08. The number of carbonyl (C=O) groups is 3. The molecule has 3 saturated heterocycles. The average Bonchev–Trinajstić information content (AvgIpc) is 3.29. The summed E-state index contributed by atoms with van der Waals surface area (Å²) in [6.45, 7) is 9.58. The van der Waals surface area contributed by atoms with Crippen LogP contribution < -0.4 is 14.8 Å². The molecule has 5 aliphatic rings. The Morgan fingerprint density at radius 2 is 1.59 bits per heavy atom. The zero-order chi connectivity index (χ0) is 33.9. The van der Waals surface area contributed by atoms with E-state index in [4.69, 9.17) is 14.2 Å². The molecule has 3 fully saturated rings. The van der Waals surface area contributed by atoms with Crippen molar-refractivity contribution in [3.63, 3.8) is 0 Å². The zero-order valence-electron chi connectivity index (χ0n) is 28.9. The van der Waals surface area contributed by atoms with Crippen molar-refractivity contribution in [2.75, 3.05) is 84.5 Å². The molecule has 0 aliphatic carbocycles. The molecule has 2 aromatic carbocycles.